The second-order valence-electron chi connectivity index (χ2n) is 9.24. The van der Waals surface area contributed by atoms with Gasteiger partial charge in [0.25, 0.3) is 0 Å². The van der Waals surface area contributed by atoms with Crippen LogP contribution >= 0.6 is 0 Å². The highest BCUT2D eigenvalue weighted by Gasteiger charge is 2.27. The molecule has 0 heterocycles. The van der Waals surface area contributed by atoms with Gasteiger partial charge in [-0.1, -0.05) is 24.3 Å². The van der Waals surface area contributed by atoms with E-state index in [0.29, 0.717) is 6.42 Å². The molecule has 186 valence electrons. The monoisotopic (exact) mass is 477 g/mol. The predicted octanol–water partition coefficient (Wildman–Crippen LogP) is 5.19. The highest BCUT2D eigenvalue weighted by Crippen LogP contribution is 2.18. The first kappa shape index (κ1) is 27.2. The maximum Gasteiger partial charge on any atom is 0.408 e. The molecule has 2 rings (SSSR count). The molecule has 3 atom stereocenters. The molecule has 0 bridgehead atoms. The van der Waals surface area contributed by atoms with Crippen molar-refractivity contribution in [1.82, 2.24) is 5.32 Å². The molecule has 0 unspecified atom stereocenters. The molecule has 6 nitrogen and oxygen atoms in total. The fraction of sp³-hybridized carbons (Fsp3) is 0.462. The molecule has 0 aliphatic carbocycles. The van der Waals surface area contributed by atoms with E-state index < -0.39 is 29.8 Å². The summed E-state index contributed by atoms with van der Waals surface area (Å²) in [6.07, 6.45) is -0.796. The third kappa shape index (κ3) is 9.87. The molecule has 0 saturated heterocycles. The average Bonchev–Trinajstić information content (AvgIpc) is 2.74. The van der Waals surface area contributed by atoms with Crippen LogP contribution in [0.25, 0.3) is 0 Å². The van der Waals surface area contributed by atoms with Crippen LogP contribution in [0, 0.1) is 17.6 Å². The molecule has 8 heteroatoms. The quantitative estimate of drug-likeness (QED) is 0.477. The maximum atomic E-state index is 13.3. The Bertz CT molecular complexity index is 926. The van der Waals surface area contributed by atoms with Crippen LogP contribution in [0.15, 0.2) is 48.5 Å². The molecule has 0 saturated carbocycles. The molecule has 0 radical (unpaired) electrons. The van der Waals surface area contributed by atoms with E-state index in [2.05, 4.69) is 5.32 Å². The predicted molar refractivity (Wildman–Crippen MR) is 124 cm³/mol. The Morgan fingerprint density at radius 1 is 0.912 bits per heavy atom. The zero-order valence-corrected chi connectivity index (χ0v) is 20.3. The number of hydrogen-bond acceptors (Lipinski definition) is 5. The molecule has 2 aromatic carbocycles. The Kier molecular flexibility index (Phi) is 9.98. The fourth-order valence-corrected chi connectivity index (χ4v) is 3.12. The average molecular weight is 478 g/mol. The summed E-state index contributed by atoms with van der Waals surface area (Å²) in [6.45, 7) is 8.94. The third-order valence-electron chi connectivity index (χ3n) is 4.98. The van der Waals surface area contributed by atoms with Crippen LogP contribution < -0.4 is 5.32 Å². The summed E-state index contributed by atoms with van der Waals surface area (Å²) in [4.78, 5) is 24.5. The number of halogens is 2. The van der Waals surface area contributed by atoms with Crippen LogP contribution in [0.5, 0.6) is 0 Å². The fourth-order valence-electron chi connectivity index (χ4n) is 3.12. The number of ether oxygens (including phenoxy) is 3. The van der Waals surface area contributed by atoms with Gasteiger partial charge in [0.15, 0.2) is 0 Å². The van der Waals surface area contributed by atoms with E-state index in [1.807, 2.05) is 0 Å². The van der Waals surface area contributed by atoms with E-state index in [0.717, 1.165) is 11.1 Å². The molecular formula is C26H33F2NO5. The summed E-state index contributed by atoms with van der Waals surface area (Å²) in [5, 5.41) is 2.47. The number of amides is 1. The lowest BCUT2D eigenvalue weighted by molar-refractivity contribution is -0.154. The first-order valence-electron chi connectivity index (χ1n) is 11.2. The number of carbonyl (C=O) groups excluding carboxylic acids is 2. The zero-order chi connectivity index (χ0) is 25.3. The number of carbonyl (C=O) groups is 2. The highest BCUT2D eigenvalue weighted by atomic mass is 19.1. The summed E-state index contributed by atoms with van der Waals surface area (Å²) in [5.41, 5.74) is 0.977. The molecule has 2 aromatic rings. The van der Waals surface area contributed by atoms with Gasteiger partial charge in [-0.25, -0.2) is 18.4 Å². The molecule has 1 N–H and O–H groups in total. The summed E-state index contributed by atoms with van der Waals surface area (Å²) in [5.74, 6) is -1.52. The molecule has 34 heavy (non-hydrogen) atoms. The molecule has 0 spiro atoms. The van der Waals surface area contributed by atoms with Gasteiger partial charge in [0, 0.05) is 5.92 Å². The lowest BCUT2D eigenvalue weighted by atomic mass is 9.95. The number of hydrogen-bond donors (Lipinski definition) is 1. The van der Waals surface area contributed by atoms with Crippen LogP contribution in [0.3, 0.4) is 0 Å². The van der Waals surface area contributed by atoms with Crippen LogP contribution in [-0.2, 0) is 32.0 Å². The maximum absolute atomic E-state index is 13.3. The van der Waals surface area contributed by atoms with Crippen LogP contribution in [0.4, 0.5) is 13.6 Å². The lowest BCUT2D eigenvalue weighted by Crippen LogP contribution is -2.44. The van der Waals surface area contributed by atoms with Gasteiger partial charge >= 0.3 is 12.1 Å². The first-order chi connectivity index (χ1) is 15.9. The Balaban J connectivity index is 1.99. The smallest absolute Gasteiger partial charge is 0.408 e. The van der Waals surface area contributed by atoms with Crippen molar-refractivity contribution < 1.29 is 32.6 Å². The molecule has 0 fully saturated rings. The van der Waals surface area contributed by atoms with Gasteiger partial charge in [-0.2, -0.15) is 0 Å². The highest BCUT2D eigenvalue weighted by molar-refractivity contribution is 5.81. The van der Waals surface area contributed by atoms with Crippen molar-refractivity contribution >= 4 is 12.1 Å². The number of nitrogens with one attached hydrogen (secondary N) is 1. The topological polar surface area (TPSA) is 73.9 Å². The molecule has 0 aromatic heterocycles. The number of esters is 1. The summed E-state index contributed by atoms with van der Waals surface area (Å²) in [6, 6.07) is 11.2. The van der Waals surface area contributed by atoms with Gasteiger partial charge in [0.1, 0.15) is 29.4 Å². The largest absolute Gasteiger partial charge is 0.461 e. The Hall–Kier alpha value is -3.00. The Labute approximate surface area is 199 Å². The van der Waals surface area contributed by atoms with E-state index in [1.54, 1.807) is 52.0 Å². The van der Waals surface area contributed by atoms with Gasteiger partial charge in [-0.3, -0.25) is 0 Å². The van der Waals surface area contributed by atoms with Gasteiger partial charge in [-0.05, 0) is 76.4 Å². The van der Waals surface area contributed by atoms with Crippen molar-refractivity contribution in [2.45, 2.75) is 65.4 Å². The van der Waals surface area contributed by atoms with Gasteiger partial charge < -0.3 is 19.5 Å². The zero-order valence-electron chi connectivity index (χ0n) is 20.3. The van der Waals surface area contributed by atoms with Crippen LogP contribution in [-0.4, -0.2) is 36.4 Å². The Morgan fingerprint density at radius 2 is 1.44 bits per heavy atom. The number of benzene rings is 2. The van der Waals surface area contributed by atoms with Crippen LogP contribution in [0.2, 0.25) is 0 Å². The van der Waals surface area contributed by atoms with Crippen LogP contribution in [0.1, 0.15) is 45.7 Å². The van der Waals surface area contributed by atoms with Gasteiger partial charge in [0.2, 0.25) is 0 Å². The number of rotatable bonds is 10. The third-order valence-corrected chi connectivity index (χ3v) is 4.98. The minimum atomic E-state index is -0.913. The second-order valence-corrected chi connectivity index (χ2v) is 9.24. The second kappa shape index (κ2) is 12.5. The molecular weight excluding hydrogens is 444 g/mol. The number of alkyl carbamates (subject to hydrolysis) is 1. The molecule has 1 amide bonds. The van der Waals surface area contributed by atoms with Crippen molar-refractivity contribution in [2.75, 3.05) is 6.61 Å². The van der Waals surface area contributed by atoms with E-state index in [-0.39, 0.29) is 30.8 Å². The van der Waals surface area contributed by atoms with Crippen molar-refractivity contribution in [1.29, 1.82) is 0 Å². The van der Waals surface area contributed by atoms with Gasteiger partial charge in [0.05, 0.1) is 13.2 Å². The van der Waals surface area contributed by atoms with Gasteiger partial charge in [-0.15, -0.1) is 0 Å². The van der Waals surface area contributed by atoms with E-state index >= 15 is 0 Å². The van der Waals surface area contributed by atoms with Crippen molar-refractivity contribution in [2.24, 2.45) is 5.92 Å². The van der Waals surface area contributed by atoms with Crippen molar-refractivity contribution in [3.63, 3.8) is 0 Å². The van der Waals surface area contributed by atoms with E-state index in [1.165, 1.54) is 31.2 Å². The Morgan fingerprint density at radius 3 is 1.97 bits per heavy atom. The minimum absolute atomic E-state index is 0.247. The first-order valence-corrected chi connectivity index (χ1v) is 11.2. The van der Waals surface area contributed by atoms with E-state index in [9.17, 15) is 18.4 Å². The summed E-state index contributed by atoms with van der Waals surface area (Å²) in [7, 11) is 0. The van der Waals surface area contributed by atoms with Crippen molar-refractivity contribution in [3.05, 3.63) is 71.3 Å². The van der Waals surface area contributed by atoms with Crippen molar-refractivity contribution in [3.8, 4) is 0 Å². The molecule has 0 aliphatic rings. The summed E-state index contributed by atoms with van der Waals surface area (Å²) < 4.78 is 43.0. The lowest BCUT2D eigenvalue weighted by Gasteiger charge is -2.26. The standard InChI is InChI=1S/C26H33F2NO5/c1-17(29-25(31)34-26(3,4)5)24(30)33-18(2)21(14-19-6-10-22(27)11-7-19)16-32-15-20-8-12-23(28)13-9-20/h6-13,17-18,21H,14-16H2,1-5H3,(H,29,31)/t17-,18-,21+/m0/s1. The van der Waals surface area contributed by atoms with E-state index in [4.69, 9.17) is 14.2 Å². The SMILES string of the molecule is C[C@H](NC(=O)OC(C)(C)C)C(=O)O[C@@H](C)[C@@H](COCc1ccc(F)cc1)Cc1ccc(F)cc1. The molecule has 0 aliphatic heterocycles. The summed E-state index contributed by atoms with van der Waals surface area (Å²) >= 11 is 0. The normalized spacial score (nSPS) is 14.1. The minimum Gasteiger partial charge on any atom is -0.461 e.